The van der Waals surface area contributed by atoms with Crippen LogP contribution < -0.4 is 5.32 Å². The predicted octanol–water partition coefficient (Wildman–Crippen LogP) is 3.53. The molecule has 0 saturated carbocycles. The minimum Gasteiger partial charge on any atom is -0.385 e. The van der Waals surface area contributed by atoms with Crippen LogP contribution in [-0.2, 0) is 6.54 Å². The fourth-order valence-electron chi connectivity index (χ4n) is 1.97. The third kappa shape index (κ3) is 3.91. The SMILES string of the molecule is CCCCCNc1cccc(Cn2cccn2)c1. The molecule has 1 heterocycles. The summed E-state index contributed by atoms with van der Waals surface area (Å²) >= 11 is 0. The lowest BCUT2D eigenvalue weighted by Gasteiger charge is -2.08. The molecule has 1 N–H and O–H groups in total. The minimum absolute atomic E-state index is 0.831. The van der Waals surface area contributed by atoms with E-state index in [0.717, 1.165) is 13.1 Å². The van der Waals surface area contributed by atoms with Crippen LogP contribution in [0.3, 0.4) is 0 Å². The number of unbranched alkanes of at least 4 members (excludes halogenated alkanes) is 2. The van der Waals surface area contributed by atoms with Gasteiger partial charge in [0.05, 0.1) is 6.54 Å². The van der Waals surface area contributed by atoms with E-state index in [1.807, 2.05) is 23.1 Å². The molecule has 96 valence electrons. The third-order valence-electron chi connectivity index (χ3n) is 2.94. The monoisotopic (exact) mass is 243 g/mol. The van der Waals surface area contributed by atoms with Crippen LogP contribution in [0.2, 0.25) is 0 Å². The van der Waals surface area contributed by atoms with E-state index >= 15 is 0 Å². The highest BCUT2D eigenvalue weighted by atomic mass is 15.3. The second-order valence-corrected chi connectivity index (χ2v) is 4.54. The zero-order chi connectivity index (χ0) is 12.6. The Hall–Kier alpha value is -1.77. The topological polar surface area (TPSA) is 29.9 Å². The Morgan fingerprint density at radius 1 is 1.22 bits per heavy atom. The van der Waals surface area contributed by atoms with Gasteiger partial charge in [0.1, 0.15) is 0 Å². The van der Waals surface area contributed by atoms with Gasteiger partial charge in [0.2, 0.25) is 0 Å². The second kappa shape index (κ2) is 6.84. The van der Waals surface area contributed by atoms with E-state index < -0.39 is 0 Å². The molecule has 0 unspecified atom stereocenters. The molecule has 2 rings (SSSR count). The van der Waals surface area contributed by atoms with Gasteiger partial charge in [0.25, 0.3) is 0 Å². The lowest BCUT2D eigenvalue weighted by Crippen LogP contribution is -2.03. The Bertz CT molecular complexity index is 449. The Kier molecular flexibility index (Phi) is 4.82. The van der Waals surface area contributed by atoms with E-state index in [1.165, 1.54) is 30.5 Å². The summed E-state index contributed by atoms with van der Waals surface area (Å²) in [6, 6.07) is 10.5. The number of aromatic nitrogens is 2. The molecule has 0 amide bonds. The molecule has 18 heavy (non-hydrogen) atoms. The van der Waals surface area contributed by atoms with Gasteiger partial charge in [-0.25, -0.2) is 0 Å². The fraction of sp³-hybridized carbons (Fsp3) is 0.400. The van der Waals surface area contributed by atoms with Crippen LogP contribution in [0.4, 0.5) is 5.69 Å². The van der Waals surface area contributed by atoms with Crippen molar-refractivity contribution in [3.8, 4) is 0 Å². The number of benzene rings is 1. The lowest BCUT2D eigenvalue weighted by molar-refractivity contribution is 0.687. The summed E-state index contributed by atoms with van der Waals surface area (Å²) in [5, 5.41) is 7.69. The molecular weight excluding hydrogens is 222 g/mol. The van der Waals surface area contributed by atoms with Crippen LogP contribution in [0.5, 0.6) is 0 Å². The van der Waals surface area contributed by atoms with E-state index in [9.17, 15) is 0 Å². The zero-order valence-corrected chi connectivity index (χ0v) is 11.0. The first-order valence-corrected chi connectivity index (χ1v) is 6.68. The average molecular weight is 243 g/mol. The van der Waals surface area contributed by atoms with E-state index in [0.29, 0.717) is 0 Å². The molecule has 0 spiro atoms. The maximum Gasteiger partial charge on any atom is 0.0660 e. The molecule has 0 saturated heterocycles. The number of anilines is 1. The molecular formula is C15H21N3. The summed E-state index contributed by atoms with van der Waals surface area (Å²) in [5.74, 6) is 0. The van der Waals surface area contributed by atoms with Crippen molar-refractivity contribution in [1.82, 2.24) is 9.78 Å². The fourth-order valence-corrected chi connectivity index (χ4v) is 1.97. The smallest absolute Gasteiger partial charge is 0.0660 e. The van der Waals surface area contributed by atoms with Gasteiger partial charge >= 0.3 is 0 Å². The van der Waals surface area contributed by atoms with Crippen LogP contribution in [0.25, 0.3) is 0 Å². The first-order chi connectivity index (χ1) is 8.88. The summed E-state index contributed by atoms with van der Waals surface area (Å²) < 4.78 is 1.94. The number of rotatable bonds is 7. The Morgan fingerprint density at radius 3 is 2.94 bits per heavy atom. The van der Waals surface area contributed by atoms with E-state index in [4.69, 9.17) is 0 Å². The molecule has 3 heteroatoms. The average Bonchev–Trinajstić information content (AvgIpc) is 2.88. The van der Waals surface area contributed by atoms with Crippen molar-refractivity contribution in [3.05, 3.63) is 48.3 Å². The molecule has 1 aromatic heterocycles. The van der Waals surface area contributed by atoms with Crippen LogP contribution in [-0.4, -0.2) is 16.3 Å². The highest BCUT2D eigenvalue weighted by Crippen LogP contribution is 2.12. The van der Waals surface area contributed by atoms with Gasteiger partial charge < -0.3 is 5.32 Å². The quantitative estimate of drug-likeness (QED) is 0.754. The van der Waals surface area contributed by atoms with Gasteiger partial charge in [0, 0.05) is 24.6 Å². The Labute approximate surface area is 109 Å². The summed E-state index contributed by atoms with van der Waals surface area (Å²) in [7, 11) is 0. The Morgan fingerprint density at radius 2 is 2.17 bits per heavy atom. The zero-order valence-electron chi connectivity index (χ0n) is 11.0. The molecule has 0 atom stereocenters. The lowest BCUT2D eigenvalue weighted by atomic mass is 10.2. The molecule has 0 aliphatic heterocycles. The molecule has 0 aliphatic carbocycles. The van der Waals surface area contributed by atoms with Gasteiger partial charge in [-0.15, -0.1) is 0 Å². The number of hydrogen-bond donors (Lipinski definition) is 1. The van der Waals surface area contributed by atoms with Crippen LogP contribution in [0, 0.1) is 0 Å². The Balaban J connectivity index is 1.88. The van der Waals surface area contributed by atoms with Crippen molar-refractivity contribution in [2.24, 2.45) is 0 Å². The number of nitrogens with zero attached hydrogens (tertiary/aromatic N) is 2. The highest BCUT2D eigenvalue weighted by molar-refractivity contribution is 5.45. The largest absolute Gasteiger partial charge is 0.385 e. The van der Waals surface area contributed by atoms with Gasteiger partial charge in [-0.2, -0.15) is 5.10 Å². The van der Waals surface area contributed by atoms with Gasteiger partial charge in [-0.1, -0.05) is 31.9 Å². The summed E-state index contributed by atoms with van der Waals surface area (Å²) in [6.45, 7) is 4.11. The van der Waals surface area contributed by atoms with Crippen molar-refractivity contribution in [2.75, 3.05) is 11.9 Å². The number of hydrogen-bond acceptors (Lipinski definition) is 2. The summed E-state index contributed by atoms with van der Waals surface area (Å²) in [5.41, 5.74) is 2.48. The van der Waals surface area contributed by atoms with E-state index in [-0.39, 0.29) is 0 Å². The van der Waals surface area contributed by atoms with Crippen LogP contribution in [0.15, 0.2) is 42.7 Å². The second-order valence-electron chi connectivity index (χ2n) is 4.54. The first kappa shape index (κ1) is 12.7. The van der Waals surface area contributed by atoms with Crippen molar-refractivity contribution < 1.29 is 0 Å². The number of nitrogens with one attached hydrogen (secondary N) is 1. The van der Waals surface area contributed by atoms with Crippen LogP contribution >= 0.6 is 0 Å². The molecule has 0 aliphatic rings. The molecule has 3 nitrogen and oxygen atoms in total. The summed E-state index contributed by atoms with van der Waals surface area (Å²) in [6.07, 6.45) is 7.59. The highest BCUT2D eigenvalue weighted by Gasteiger charge is 1.97. The third-order valence-corrected chi connectivity index (χ3v) is 2.94. The molecule has 1 aromatic carbocycles. The minimum atomic E-state index is 0.831. The first-order valence-electron chi connectivity index (χ1n) is 6.68. The van der Waals surface area contributed by atoms with Crippen molar-refractivity contribution >= 4 is 5.69 Å². The molecule has 0 fully saturated rings. The van der Waals surface area contributed by atoms with Gasteiger partial charge in [0.15, 0.2) is 0 Å². The van der Waals surface area contributed by atoms with Crippen molar-refractivity contribution in [2.45, 2.75) is 32.7 Å². The van der Waals surface area contributed by atoms with Crippen LogP contribution in [0.1, 0.15) is 31.7 Å². The van der Waals surface area contributed by atoms with E-state index in [2.05, 4.69) is 41.6 Å². The van der Waals surface area contributed by atoms with E-state index in [1.54, 1.807) is 0 Å². The van der Waals surface area contributed by atoms with Gasteiger partial charge in [-0.3, -0.25) is 4.68 Å². The molecule has 0 bridgehead atoms. The van der Waals surface area contributed by atoms with Gasteiger partial charge in [-0.05, 0) is 30.2 Å². The summed E-state index contributed by atoms with van der Waals surface area (Å²) in [4.78, 5) is 0. The molecule has 0 radical (unpaired) electrons. The predicted molar refractivity (Wildman–Crippen MR) is 75.8 cm³/mol. The van der Waals surface area contributed by atoms with Crippen molar-refractivity contribution in [1.29, 1.82) is 0 Å². The maximum absolute atomic E-state index is 4.22. The molecule has 2 aromatic rings. The standard InChI is InChI=1S/C15H21N3/c1-2-3-4-9-16-15-8-5-7-14(12-15)13-18-11-6-10-17-18/h5-8,10-12,16H,2-4,9,13H2,1H3. The van der Waals surface area contributed by atoms with Crippen molar-refractivity contribution in [3.63, 3.8) is 0 Å². The normalized spacial score (nSPS) is 10.5. The maximum atomic E-state index is 4.22.